The van der Waals surface area contributed by atoms with Crippen LogP contribution in [0.5, 0.6) is 5.75 Å². The first kappa shape index (κ1) is 32.5. The summed E-state index contributed by atoms with van der Waals surface area (Å²) in [4.78, 5) is 21.5. The summed E-state index contributed by atoms with van der Waals surface area (Å²) >= 11 is 0. The van der Waals surface area contributed by atoms with Crippen molar-refractivity contribution >= 4 is 5.97 Å². The Hall–Kier alpha value is -3.01. The molecule has 0 amide bonds. The summed E-state index contributed by atoms with van der Waals surface area (Å²) in [6, 6.07) is 16.3. The summed E-state index contributed by atoms with van der Waals surface area (Å²) in [5.74, 6) is 1.91. The minimum absolute atomic E-state index is 0.155. The van der Waals surface area contributed by atoms with Crippen LogP contribution in [0, 0.1) is 5.92 Å². The maximum atomic E-state index is 12.3. The molecule has 41 heavy (non-hydrogen) atoms. The molecule has 0 spiro atoms. The Morgan fingerprint density at radius 2 is 1.22 bits per heavy atom. The highest BCUT2D eigenvalue weighted by Crippen LogP contribution is 2.24. The fourth-order valence-electron chi connectivity index (χ4n) is 5.28. The Labute approximate surface area is 249 Å². The molecule has 0 saturated heterocycles. The number of unbranched alkanes of at least 4 members (excludes halogenated alkanes) is 9. The summed E-state index contributed by atoms with van der Waals surface area (Å²) in [5, 5.41) is 0. The largest absolute Gasteiger partial charge is 0.427 e. The van der Waals surface area contributed by atoms with Gasteiger partial charge in [-0.3, -0.25) is 4.79 Å². The van der Waals surface area contributed by atoms with Gasteiger partial charge in [-0.05, 0) is 48.4 Å². The molecule has 4 heteroatoms. The number of carbonyl (C=O) groups is 1. The number of esters is 1. The lowest BCUT2D eigenvalue weighted by Crippen LogP contribution is -2.07. The van der Waals surface area contributed by atoms with Crippen molar-refractivity contribution in [1.82, 2.24) is 9.97 Å². The van der Waals surface area contributed by atoms with E-state index in [4.69, 9.17) is 4.74 Å². The second kappa shape index (κ2) is 19.2. The van der Waals surface area contributed by atoms with Crippen LogP contribution >= 0.6 is 0 Å². The highest BCUT2D eigenvalue weighted by Gasteiger charge is 2.08. The third kappa shape index (κ3) is 12.6. The third-order valence-electron chi connectivity index (χ3n) is 7.98. The molecule has 0 N–H and O–H groups in total. The van der Waals surface area contributed by atoms with E-state index in [0.29, 0.717) is 12.2 Å². The predicted molar refractivity (Wildman–Crippen MR) is 172 cm³/mol. The molecular formula is C37H52N2O2. The first-order chi connectivity index (χ1) is 20.1. The van der Waals surface area contributed by atoms with E-state index in [0.717, 1.165) is 47.7 Å². The van der Waals surface area contributed by atoms with E-state index in [9.17, 15) is 4.79 Å². The Morgan fingerprint density at radius 3 is 1.88 bits per heavy atom. The average Bonchev–Trinajstić information content (AvgIpc) is 3.00. The van der Waals surface area contributed by atoms with Gasteiger partial charge in [0, 0.05) is 29.9 Å². The molecule has 2 aromatic carbocycles. The van der Waals surface area contributed by atoms with Crippen molar-refractivity contribution in [3.63, 3.8) is 0 Å². The number of hydrogen-bond donors (Lipinski definition) is 0. The molecule has 0 saturated carbocycles. The first-order valence-corrected chi connectivity index (χ1v) is 16.3. The van der Waals surface area contributed by atoms with Crippen molar-refractivity contribution in [3.05, 3.63) is 66.5 Å². The van der Waals surface area contributed by atoms with Crippen molar-refractivity contribution in [3.8, 4) is 28.3 Å². The minimum Gasteiger partial charge on any atom is -0.427 e. The van der Waals surface area contributed by atoms with Gasteiger partial charge in [-0.2, -0.15) is 0 Å². The van der Waals surface area contributed by atoms with Crippen LogP contribution in [0.4, 0.5) is 0 Å². The van der Waals surface area contributed by atoms with Crippen LogP contribution in [0.2, 0.25) is 0 Å². The maximum Gasteiger partial charge on any atom is 0.311 e. The van der Waals surface area contributed by atoms with Crippen LogP contribution in [0.3, 0.4) is 0 Å². The summed E-state index contributed by atoms with van der Waals surface area (Å²) < 4.78 is 5.56. The fourth-order valence-corrected chi connectivity index (χ4v) is 5.28. The van der Waals surface area contributed by atoms with Crippen molar-refractivity contribution in [2.45, 2.75) is 124 Å². The molecule has 4 nitrogen and oxygen atoms in total. The molecule has 0 fully saturated rings. The Bertz CT molecular complexity index is 1110. The van der Waals surface area contributed by atoms with Gasteiger partial charge in [0.05, 0.1) is 0 Å². The van der Waals surface area contributed by atoms with Gasteiger partial charge >= 0.3 is 5.97 Å². The van der Waals surface area contributed by atoms with E-state index in [-0.39, 0.29) is 5.97 Å². The van der Waals surface area contributed by atoms with Crippen molar-refractivity contribution in [1.29, 1.82) is 0 Å². The number of aromatic nitrogens is 2. The van der Waals surface area contributed by atoms with E-state index < -0.39 is 0 Å². The van der Waals surface area contributed by atoms with Gasteiger partial charge in [0.2, 0.25) is 0 Å². The molecular weight excluding hydrogens is 504 g/mol. The van der Waals surface area contributed by atoms with E-state index in [1.165, 1.54) is 82.6 Å². The van der Waals surface area contributed by atoms with Crippen LogP contribution in [0.25, 0.3) is 22.5 Å². The second-order valence-corrected chi connectivity index (χ2v) is 11.7. The SMILES string of the molecule is CCCCCCCCCc1ccc(-c2ncc(-c3ccc(OC(=O)CCCCC(C)CCCCC)cc3)cn2)cc1. The second-order valence-electron chi connectivity index (χ2n) is 11.7. The van der Waals surface area contributed by atoms with Gasteiger partial charge in [-0.15, -0.1) is 0 Å². The highest BCUT2D eigenvalue weighted by atomic mass is 16.5. The molecule has 1 aromatic heterocycles. The first-order valence-electron chi connectivity index (χ1n) is 16.3. The number of rotatable bonds is 20. The van der Waals surface area contributed by atoms with E-state index >= 15 is 0 Å². The normalized spacial score (nSPS) is 11.9. The van der Waals surface area contributed by atoms with Crippen LogP contribution < -0.4 is 4.74 Å². The van der Waals surface area contributed by atoms with Crippen LogP contribution in [-0.4, -0.2) is 15.9 Å². The van der Waals surface area contributed by atoms with Gasteiger partial charge in [0.15, 0.2) is 5.82 Å². The lowest BCUT2D eigenvalue weighted by atomic mass is 9.97. The quantitative estimate of drug-likeness (QED) is 0.0789. The summed E-state index contributed by atoms with van der Waals surface area (Å²) in [6.45, 7) is 6.83. The van der Waals surface area contributed by atoms with Gasteiger partial charge < -0.3 is 4.74 Å². The van der Waals surface area contributed by atoms with E-state index in [2.05, 4.69) is 55.0 Å². The molecule has 3 aromatic rings. The zero-order valence-corrected chi connectivity index (χ0v) is 25.9. The van der Waals surface area contributed by atoms with E-state index in [1.54, 1.807) is 0 Å². The van der Waals surface area contributed by atoms with Gasteiger partial charge in [-0.1, -0.05) is 134 Å². The zero-order chi connectivity index (χ0) is 29.1. The lowest BCUT2D eigenvalue weighted by Gasteiger charge is -2.10. The Balaban J connectivity index is 1.39. The van der Waals surface area contributed by atoms with Gasteiger partial charge in [0.25, 0.3) is 0 Å². The fraction of sp³-hybridized carbons (Fsp3) is 0.541. The molecule has 222 valence electrons. The molecule has 1 unspecified atom stereocenters. The number of aryl methyl sites for hydroxylation is 1. The summed E-state index contributed by atoms with van der Waals surface area (Å²) in [7, 11) is 0. The molecule has 0 aliphatic rings. The summed E-state index contributed by atoms with van der Waals surface area (Å²) in [5.41, 5.74) is 4.36. The standard InChI is InChI=1S/C37H52N2O2/c1-4-6-8-9-10-11-13-18-31-20-22-33(23-21-31)37-38-28-34(29-39-37)32-24-26-35(27-25-32)41-36(40)19-15-14-17-30(3)16-12-7-5-2/h20-30H,4-19H2,1-3H3. The third-order valence-corrected chi connectivity index (χ3v) is 7.98. The lowest BCUT2D eigenvalue weighted by molar-refractivity contribution is -0.134. The maximum absolute atomic E-state index is 12.3. The average molecular weight is 557 g/mol. The number of ether oxygens (including phenoxy) is 1. The molecule has 1 heterocycles. The summed E-state index contributed by atoms with van der Waals surface area (Å²) in [6.07, 6.45) is 23.1. The number of benzene rings is 2. The predicted octanol–water partition coefficient (Wildman–Crippen LogP) is 10.8. The van der Waals surface area contributed by atoms with E-state index in [1.807, 2.05) is 36.7 Å². The molecule has 0 bridgehead atoms. The molecule has 3 rings (SSSR count). The smallest absolute Gasteiger partial charge is 0.311 e. The minimum atomic E-state index is -0.155. The zero-order valence-electron chi connectivity index (χ0n) is 25.9. The topological polar surface area (TPSA) is 52.1 Å². The number of nitrogens with zero attached hydrogens (tertiary/aromatic N) is 2. The van der Waals surface area contributed by atoms with Crippen molar-refractivity contribution < 1.29 is 9.53 Å². The Kier molecular flexibility index (Phi) is 15.2. The molecule has 0 radical (unpaired) electrons. The van der Waals surface area contributed by atoms with Gasteiger partial charge in [0.1, 0.15) is 5.75 Å². The van der Waals surface area contributed by atoms with Crippen molar-refractivity contribution in [2.24, 2.45) is 5.92 Å². The van der Waals surface area contributed by atoms with Crippen molar-refractivity contribution in [2.75, 3.05) is 0 Å². The molecule has 1 atom stereocenters. The molecule has 0 aliphatic carbocycles. The Morgan fingerprint density at radius 1 is 0.659 bits per heavy atom. The number of carbonyl (C=O) groups excluding carboxylic acids is 1. The van der Waals surface area contributed by atoms with Crippen LogP contribution in [0.1, 0.15) is 123 Å². The molecule has 0 aliphatic heterocycles. The van der Waals surface area contributed by atoms with Crippen LogP contribution in [0.15, 0.2) is 60.9 Å². The number of hydrogen-bond acceptors (Lipinski definition) is 4. The van der Waals surface area contributed by atoms with Gasteiger partial charge in [-0.25, -0.2) is 9.97 Å². The van der Waals surface area contributed by atoms with Crippen LogP contribution in [-0.2, 0) is 11.2 Å². The monoisotopic (exact) mass is 556 g/mol. The highest BCUT2D eigenvalue weighted by molar-refractivity contribution is 5.73.